The molecule has 0 aliphatic carbocycles. The second-order valence-corrected chi connectivity index (χ2v) is 6.59. The smallest absolute Gasteiger partial charge is 0.408 e. The fourth-order valence-electron chi connectivity index (χ4n) is 0.803. The predicted molar refractivity (Wildman–Crippen MR) is 68.1 cm³/mol. The number of amides is 1. The fourth-order valence-corrected chi connectivity index (χ4v) is 2.06. The predicted octanol–water partition coefficient (Wildman–Crippen LogP) is 3.33. The zero-order chi connectivity index (χ0) is 13.2. The van der Waals surface area contributed by atoms with E-state index in [-0.39, 0.29) is 15.8 Å². The molecule has 0 saturated carbocycles. The van der Waals surface area contributed by atoms with Crippen molar-refractivity contribution in [3.05, 3.63) is 26.7 Å². The molecule has 0 radical (unpaired) electrons. The summed E-state index contributed by atoms with van der Waals surface area (Å²) in [6.07, 6.45) is -1.29. The Bertz CT molecular complexity index is 562. The maximum Gasteiger partial charge on any atom is 0.427 e. The van der Waals surface area contributed by atoms with Crippen molar-refractivity contribution in [1.82, 2.24) is 4.72 Å². The summed E-state index contributed by atoms with van der Waals surface area (Å²) in [5.74, 6) is -0.0994. The van der Waals surface area contributed by atoms with Crippen LogP contribution in [0, 0.1) is 0 Å². The third-order valence-corrected chi connectivity index (χ3v) is 3.52. The van der Waals surface area contributed by atoms with Crippen LogP contribution in [0.25, 0.3) is 0 Å². The molecular weight excluding hydrogens is 380 g/mol. The first-order valence-electron chi connectivity index (χ1n) is 3.78. The number of carbonyl (C=O) groups excluding carboxylic acids is 1. The van der Waals surface area contributed by atoms with E-state index < -0.39 is 15.3 Å². The van der Waals surface area contributed by atoms with Crippen LogP contribution in [0.4, 0.5) is 4.79 Å². The van der Waals surface area contributed by atoms with Gasteiger partial charge in [-0.3, -0.25) is 0 Å². The van der Waals surface area contributed by atoms with Gasteiger partial charge < -0.3 is 4.74 Å². The Kier molecular flexibility index (Phi) is 4.91. The van der Waals surface area contributed by atoms with Crippen molar-refractivity contribution in [1.29, 1.82) is 0 Å². The van der Waals surface area contributed by atoms with Gasteiger partial charge in [-0.25, -0.2) is 9.52 Å². The molecule has 0 bridgehead atoms. The highest BCUT2D eigenvalue weighted by atomic mass is 79.9. The number of hydrogen-bond acceptors (Lipinski definition) is 4. The van der Waals surface area contributed by atoms with E-state index in [1.54, 1.807) is 0 Å². The topological polar surface area (TPSA) is 72.5 Å². The van der Waals surface area contributed by atoms with Gasteiger partial charge in [-0.05, 0) is 22.0 Å². The van der Waals surface area contributed by atoms with Crippen LogP contribution in [-0.2, 0) is 9.24 Å². The molecule has 10 heteroatoms. The van der Waals surface area contributed by atoms with E-state index >= 15 is 0 Å². The van der Waals surface area contributed by atoms with Crippen molar-refractivity contribution in [2.24, 2.45) is 0 Å². The first-order chi connectivity index (χ1) is 7.69. The summed E-state index contributed by atoms with van der Waals surface area (Å²) < 4.78 is 27.5. The lowest BCUT2D eigenvalue weighted by Gasteiger charge is -2.07. The third-order valence-electron chi connectivity index (χ3n) is 1.38. The number of halogens is 4. The monoisotopic (exact) mass is 381 g/mol. The maximum absolute atomic E-state index is 11.1. The molecule has 1 amide bonds. The molecule has 1 N–H and O–H groups in total. The molecule has 0 fully saturated rings. The number of hydrogen-bond donors (Lipinski definition) is 1. The minimum absolute atomic E-state index is 0.0726. The molecule has 0 aliphatic rings. The van der Waals surface area contributed by atoms with Crippen molar-refractivity contribution in [2.45, 2.75) is 0 Å². The number of ether oxygens (including phenoxy) is 1. The summed E-state index contributed by atoms with van der Waals surface area (Å²) in [5, 5.41) is 0.314. The Balaban J connectivity index is 2.89. The van der Waals surface area contributed by atoms with Crippen LogP contribution in [0.2, 0.25) is 10.0 Å². The van der Waals surface area contributed by atoms with Gasteiger partial charge in [0, 0.05) is 21.2 Å². The number of carbonyl (C=O) groups is 1. The van der Waals surface area contributed by atoms with Gasteiger partial charge in [0.25, 0.3) is 0 Å². The van der Waals surface area contributed by atoms with Gasteiger partial charge >= 0.3 is 15.3 Å². The molecular formula is C7H3BrCl3NO4S. The lowest BCUT2D eigenvalue weighted by atomic mass is 10.3. The third kappa shape index (κ3) is 4.89. The van der Waals surface area contributed by atoms with E-state index in [9.17, 15) is 13.2 Å². The van der Waals surface area contributed by atoms with Crippen molar-refractivity contribution in [3.8, 4) is 5.75 Å². The molecule has 0 spiro atoms. The minimum Gasteiger partial charge on any atom is -0.408 e. The van der Waals surface area contributed by atoms with Gasteiger partial charge in [0.05, 0.1) is 10.0 Å². The second kappa shape index (κ2) is 5.62. The van der Waals surface area contributed by atoms with Crippen LogP contribution in [-0.4, -0.2) is 14.5 Å². The highest BCUT2D eigenvalue weighted by Crippen LogP contribution is 2.34. The van der Waals surface area contributed by atoms with E-state index in [1.807, 2.05) is 0 Å². The summed E-state index contributed by atoms with van der Waals surface area (Å²) in [5.41, 5.74) is 0. The number of benzene rings is 1. The van der Waals surface area contributed by atoms with Crippen LogP contribution in [0.15, 0.2) is 16.6 Å². The standard InChI is InChI=1S/C7H3BrCl3NO4S/c8-3-1-5(10)6(2-4(3)9)16-7(13)12-17(11,14)15/h1-2H,(H,12,13). The largest absolute Gasteiger partial charge is 0.427 e. The summed E-state index contributed by atoms with van der Waals surface area (Å²) in [7, 11) is 0.572. The molecule has 1 aromatic rings. The van der Waals surface area contributed by atoms with E-state index in [0.29, 0.717) is 4.47 Å². The van der Waals surface area contributed by atoms with Gasteiger partial charge in [0.1, 0.15) is 0 Å². The Hall–Kier alpha value is -0.210. The molecule has 0 aliphatic heterocycles. The Labute approximate surface area is 120 Å². The number of rotatable bonds is 2. The molecule has 94 valence electrons. The molecule has 1 rings (SSSR count). The molecule has 0 aromatic heterocycles. The lowest BCUT2D eigenvalue weighted by molar-refractivity contribution is 0.207. The van der Waals surface area contributed by atoms with Crippen molar-refractivity contribution in [2.75, 3.05) is 0 Å². The van der Waals surface area contributed by atoms with Crippen molar-refractivity contribution >= 4 is 65.1 Å². The van der Waals surface area contributed by atoms with Crippen molar-refractivity contribution < 1.29 is 17.9 Å². The van der Waals surface area contributed by atoms with Gasteiger partial charge in [0.2, 0.25) is 0 Å². The van der Waals surface area contributed by atoms with Crippen LogP contribution in [0.5, 0.6) is 5.75 Å². The molecule has 0 atom stereocenters. The van der Waals surface area contributed by atoms with Gasteiger partial charge in [-0.2, -0.15) is 8.42 Å². The second-order valence-electron chi connectivity index (χ2n) is 2.63. The Morgan fingerprint density at radius 3 is 2.41 bits per heavy atom. The van der Waals surface area contributed by atoms with Crippen LogP contribution in [0.1, 0.15) is 0 Å². The van der Waals surface area contributed by atoms with Crippen molar-refractivity contribution in [3.63, 3.8) is 0 Å². The van der Waals surface area contributed by atoms with Gasteiger partial charge in [-0.15, -0.1) is 0 Å². The highest BCUT2D eigenvalue weighted by Gasteiger charge is 2.15. The SMILES string of the molecule is O=C(NS(=O)(=O)Cl)Oc1cc(Cl)c(Br)cc1Cl. The molecule has 17 heavy (non-hydrogen) atoms. The zero-order valence-corrected chi connectivity index (χ0v) is 12.4. The first-order valence-corrected chi connectivity index (χ1v) is 7.63. The minimum atomic E-state index is -4.21. The van der Waals surface area contributed by atoms with E-state index in [2.05, 4.69) is 20.7 Å². The van der Waals surface area contributed by atoms with E-state index in [0.717, 1.165) is 0 Å². The van der Waals surface area contributed by atoms with Crippen LogP contribution >= 0.6 is 49.8 Å². The average molecular weight is 383 g/mol. The van der Waals surface area contributed by atoms with Crippen LogP contribution in [0.3, 0.4) is 0 Å². The summed E-state index contributed by atoms with van der Waals surface area (Å²) in [4.78, 5) is 11.1. The Morgan fingerprint density at radius 1 is 1.29 bits per heavy atom. The average Bonchev–Trinajstić information content (AvgIpc) is 2.11. The first kappa shape index (κ1) is 14.8. The fraction of sp³-hybridized carbons (Fsp3) is 0. The molecule has 0 unspecified atom stereocenters. The molecule has 0 saturated heterocycles. The van der Waals surface area contributed by atoms with E-state index in [4.69, 9.17) is 33.9 Å². The summed E-state index contributed by atoms with van der Waals surface area (Å²) in [6.45, 7) is 0. The lowest BCUT2D eigenvalue weighted by Crippen LogP contribution is -2.29. The highest BCUT2D eigenvalue weighted by molar-refractivity contribution is 9.10. The quantitative estimate of drug-likeness (QED) is 0.628. The number of nitrogens with one attached hydrogen (secondary N) is 1. The maximum atomic E-state index is 11.1. The zero-order valence-electron chi connectivity index (χ0n) is 7.71. The summed E-state index contributed by atoms with van der Waals surface area (Å²) >= 11 is 14.6. The van der Waals surface area contributed by atoms with Crippen LogP contribution < -0.4 is 9.46 Å². The van der Waals surface area contributed by atoms with E-state index in [1.165, 1.54) is 16.9 Å². The summed E-state index contributed by atoms with van der Waals surface area (Å²) in [6, 6.07) is 2.64. The molecule has 0 heterocycles. The molecule has 1 aromatic carbocycles. The van der Waals surface area contributed by atoms with Gasteiger partial charge in [0.15, 0.2) is 5.75 Å². The van der Waals surface area contributed by atoms with Gasteiger partial charge in [-0.1, -0.05) is 23.2 Å². The normalized spacial score (nSPS) is 11.1. The Morgan fingerprint density at radius 2 is 1.88 bits per heavy atom. The molecule has 5 nitrogen and oxygen atoms in total.